The first-order valence-electron chi connectivity index (χ1n) is 9.11. The first-order valence-corrected chi connectivity index (χ1v) is 9.87. The highest BCUT2D eigenvalue weighted by molar-refractivity contribution is 6.31. The van der Waals surface area contributed by atoms with Crippen molar-refractivity contribution in [3.63, 3.8) is 0 Å². The van der Waals surface area contributed by atoms with Gasteiger partial charge in [-0.1, -0.05) is 53.5 Å². The van der Waals surface area contributed by atoms with Crippen molar-refractivity contribution in [1.82, 2.24) is 0 Å². The summed E-state index contributed by atoms with van der Waals surface area (Å²) in [6.45, 7) is 2.23. The summed E-state index contributed by atoms with van der Waals surface area (Å²) in [6, 6.07) is 21.7. The second kappa shape index (κ2) is 9.98. The van der Waals surface area contributed by atoms with Gasteiger partial charge >= 0.3 is 0 Å². The summed E-state index contributed by atoms with van der Waals surface area (Å²) in [5.74, 6) is 0.123. The topological polar surface area (TPSA) is 62.1 Å². The summed E-state index contributed by atoms with van der Waals surface area (Å²) >= 11 is 11.9. The summed E-state index contributed by atoms with van der Waals surface area (Å²) in [7, 11) is 0. The second-order valence-corrected chi connectivity index (χ2v) is 7.44. The van der Waals surface area contributed by atoms with Crippen LogP contribution in [0.2, 0.25) is 10.0 Å². The molecule has 0 fully saturated rings. The summed E-state index contributed by atoms with van der Waals surface area (Å²) in [5, 5.41) is 13.4. The van der Waals surface area contributed by atoms with Gasteiger partial charge in [0.05, 0.1) is 0 Å². The average molecular weight is 437 g/mol. The fourth-order valence-electron chi connectivity index (χ4n) is 2.68. The lowest BCUT2D eigenvalue weighted by Gasteiger charge is -2.09. The molecule has 30 heavy (non-hydrogen) atoms. The molecule has 0 unspecified atom stereocenters. The van der Waals surface area contributed by atoms with Gasteiger partial charge in [-0.05, 0) is 66.1 Å². The number of amides is 1. The van der Waals surface area contributed by atoms with E-state index in [0.717, 1.165) is 11.1 Å². The molecule has 0 aliphatic carbocycles. The van der Waals surface area contributed by atoms with Gasteiger partial charge in [0, 0.05) is 15.7 Å². The molecular weight excluding hydrogens is 419 g/mol. The smallest absolute Gasteiger partial charge is 0.266 e. The van der Waals surface area contributed by atoms with Gasteiger partial charge in [-0.2, -0.15) is 5.26 Å². The van der Waals surface area contributed by atoms with Crippen molar-refractivity contribution in [3.8, 4) is 11.8 Å². The number of halogens is 2. The lowest BCUT2D eigenvalue weighted by atomic mass is 10.1. The van der Waals surface area contributed by atoms with E-state index >= 15 is 0 Å². The van der Waals surface area contributed by atoms with Gasteiger partial charge in [0.15, 0.2) is 0 Å². The number of benzene rings is 3. The molecule has 0 radical (unpaired) electrons. The summed E-state index contributed by atoms with van der Waals surface area (Å²) in [4.78, 5) is 12.5. The average Bonchev–Trinajstić information content (AvgIpc) is 2.74. The normalized spacial score (nSPS) is 10.9. The van der Waals surface area contributed by atoms with Crippen molar-refractivity contribution in [1.29, 1.82) is 5.26 Å². The molecule has 3 rings (SSSR count). The Morgan fingerprint density at radius 1 is 1.07 bits per heavy atom. The third kappa shape index (κ3) is 5.87. The predicted molar refractivity (Wildman–Crippen MR) is 121 cm³/mol. The van der Waals surface area contributed by atoms with Crippen LogP contribution in [-0.4, -0.2) is 5.91 Å². The van der Waals surface area contributed by atoms with E-state index in [1.54, 1.807) is 48.5 Å². The minimum absolute atomic E-state index is 0.0239. The minimum Gasteiger partial charge on any atom is -0.489 e. The highest BCUT2D eigenvalue weighted by Crippen LogP contribution is 2.22. The van der Waals surface area contributed by atoms with Crippen LogP contribution in [0.4, 0.5) is 5.69 Å². The minimum atomic E-state index is -0.504. The maximum Gasteiger partial charge on any atom is 0.266 e. The molecule has 3 aromatic rings. The molecule has 0 heterocycles. The first kappa shape index (κ1) is 21.4. The number of rotatable bonds is 6. The molecule has 0 aromatic heterocycles. The van der Waals surface area contributed by atoms with E-state index in [4.69, 9.17) is 27.9 Å². The molecule has 0 aliphatic rings. The van der Waals surface area contributed by atoms with E-state index < -0.39 is 5.91 Å². The van der Waals surface area contributed by atoms with Crippen molar-refractivity contribution in [2.45, 2.75) is 13.5 Å². The molecule has 1 N–H and O–H groups in total. The lowest BCUT2D eigenvalue weighted by Crippen LogP contribution is -2.14. The molecule has 0 atom stereocenters. The van der Waals surface area contributed by atoms with Crippen LogP contribution in [0.25, 0.3) is 6.08 Å². The molecule has 0 spiro atoms. The summed E-state index contributed by atoms with van der Waals surface area (Å²) in [5.41, 5.74) is 3.05. The molecule has 3 aromatic carbocycles. The van der Waals surface area contributed by atoms with E-state index in [1.165, 1.54) is 6.08 Å². The van der Waals surface area contributed by atoms with Crippen LogP contribution in [0.3, 0.4) is 0 Å². The van der Waals surface area contributed by atoms with Gasteiger partial charge < -0.3 is 10.1 Å². The number of aryl methyl sites for hydroxylation is 1. The fraction of sp³-hybridized carbons (Fsp3) is 0.0833. The van der Waals surface area contributed by atoms with E-state index in [2.05, 4.69) is 5.32 Å². The fourth-order valence-corrected chi connectivity index (χ4v) is 2.97. The Kier molecular flexibility index (Phi) is 7.13. The van der Waals surface area contributed by atoms with Crippen molar-refractivity contribution < 1.29 is 9.53 Å². The largest absolute Gasteiger partial charge is 0.489 e. The zero-order chi connectivity index (χ0) is 21.5. The van der Waals surface area contributed by atoms with Crippen LogP contribution in [0.5, 0.6) is 5.75 Å². The number of anilines is 1. The second-order valence-electron chi connectivity index (χ2n) is 6.57. The van der Waals surface area contributed by atoms with Gasteiger partial charge in [0.2, 0.25) is 0 Å². The van der Waals surface area contributed by atoms with E-state index in [1.807, 2.05) is 31.2 Å². The standard InChI is InChI=1S/C24H18Cl2N2O2/c1-16-5-8-21(26)13-23(16)28-24(29)19(14-27)11-18-3-2-4-22(12-18)30-15-17-6-9-20(25)10-7-17/h2-13H,15H2,1H3,(H,28,29)/b19-11-. The number of hydrogen-bond donors (Lipinski definition) is 1. The van der Waals surface area contributed by atoms with Gasteiger partial charge in [-0.25, -0.2) is 0 Å². The number of ether oxygens (including phenoxy) is 1. The maximum atomic E-state index is 12.5. The Balaban J connectivity index is 1.73. The Morgan fingerprint density at radius 2 is 1.80 bits per heavy atom. The van der Waals surface area contributed by atoms with Crippen LogP contribution in [0.1, 0.15) is 16.7 Å². The quantitative estimate of drug-likeness (QED) is 0.357. The zero-order valence-corrected chi connectivity index (χ0v) is 17.7. The van der Waals surface area contributed by atoms with Crippen LogP contribution < -0.4 is 10.1 Å². The van der Waals surface area contributed by atoms with Crippen molar-refractivity contribution in [2.75, 3.05) is 5.32 Å². The Labute approximate surface area is 185 Å². The predicted octanol–water partition coefficient (Wildman–Crippen LogP) is 6.43. The number of carbonyl (C=O) groups is 1. The molecular formula is C24H18Cl2N2O2. The third-order valence-corrected chi connectivity index (χ3v) is 4.79. The van der Waals surface area contributed by atoms with Crippen molar-refractivity contribution >= 4 is 40.9 Å². The number of nitrogens with zero attached hydrogens (tertiary/aromatic N) is 1. The summed E-state index contributed by atoms with van der Waals surface area (Å²) in [6.07, 6.45) is 1.52. The number of nitriles is 1. The maximum absolute atomic E-state index is 12.5. The molecule has 0 bridgehead atoms. The SMILES string of the molecule is Cc1ccc(Cl)cc1NC(=O)/C(C#N)=C\c1cccc(OCc2ccc(Cl)cc2)c1. The van der Waals surface area contributed by atoms with Gasteiger partial charge in [0.25, 0.3) is 5.91 Å². The zero-order valence-electron chi connectivity index (χ0n) is 16.2. The Bertz CT molecular complexity index is 1130. The number of nitrogens with one attached hydrogen (secondary N) is 1. The van der Waals surface area contributed by atoms with Crippen LogP contribution in [-0.2, 0) is 11.4 Å². The van der Waals surface area contributed by atoms with Crippen LogP contribution in [0.15, 0.2) is 72.3 Å². The van der Waals surface area contributed by atoms with E-state index in [9.17, 15) is 10.1 Å². The molecule has 4 nitrogen and oxygen atoms in total. The van der Waals surface area contributed by atoms with E-state index in [-0.39, 0.29) is 5.57 Å². The molecule has 150 valence electrons. The third-order valence-electron chi connectivity index (χ3n) is 4.30. The Morgan fingerprint density at radius 3 is 2.53 bits per heavy atom. The molecule has 6 heteroatoms. The highest BCUT2D eigenvalue weighted by atomic mass is 35.5. The van der Waals surface area contributed by atoms with E-state index in [0.29, 0.717) is 33.7 Å². The van der Waals surface area contributed by atoms with Crippen molar-refractivity contribution in [3.05, 3.63) is 99.0 Å². The Hall–Kier alpha value is -3.26. The van der Waals surface area contributed by atoms with Crippen molar-refractivity contribution in [2.24, 2.45) is 0 Å². The number of hydrogen-bond acceptors (Lipinski definition) is 3. The first-order chi connectivity index (χ1) is 14.4. The molecule has 0 saturated heterocycles. The molecule has 1 amide bonds. The monoisotopic (exact) mass is 436 g/mol. The lowest BCUT2D eigenvalue weighted by molar-refractivity contribution is -0.112. The number of carbonyl (C=O) groups excluding carboxylic acids is 1. The molecule has 0 saturated carbocycles. The van der Waals surface area contributed by atoms with Crippen LogP contribution >= 0.6 is 23.2 Å². The highest BCUT2D eigenvalue weighted by Gasteiger charge is 2.11. The van der Waals surface area contributed by atoms with Gasteiger partial charge in [-0.15, -0.1) is 0 Å². The summed E-state index contributed by atoms with van der Waals surface area (Å²) < 4.78 is 5.80. The van der Waals surface area contributed by atoms with Gasteiger partial charge in [-0.3, -0.25) is 4.79 Å². The molecule has 0 aliphatic heterocycles. The van der Waals surface area contributed by atoms with Crippen LogP contribution in [0, 0.1) is 18.3 Å². The van der Waals surface area contributed by atoms with Gasteiger partial charge in [0.1, 0.15) is 24.0 Å².